The third-order valence-electron chi connectivity index (χ3n) is 3.45. The molecular weight excluding hydrogens is 276 g/mol. The first-order chi connectivity index (χ1) is 10.8. The number of carbonyl (C=O) groups excluding carboxylic acids is 1. The second-order valence-electron chi connectivity index (χ2n) is 5.02. The van der Waals surface area contributed by atoms with E-state index in [1.165, 1.54) is 5.56 Å². The minimum atomic E-state index is 0.587. The average Bonchev–Trinajstić information content (AvgIpc) is 2.58. The number of benzene rings is 2. The van der Waals surface area contributed by atoms with E-state index in [0.717, 1.165) is 31.3 Å². The van der Waals surface area contributed by atoms with Crippen molar-refractivity contribution in [2.75, 3.05) is 13.2 Å². The Hall–Kier alpha value is -2.29. The summed E-state index contributed by atoms with van der Waals surface area (Å²) in [4.78, 5) is 10.9. The molecule has 3 heteroatoms. The molecule has 0 aliphatic heterocycles. The van der Waals surface area contributed by atoms with Gasteiger partial charge in [-0.25, -0.2) is 0 Å². The molecule has 0 aromatic heterocycles. The molecule has 3 nitrogen and oxygen atoms in total. The minimum absolute atomic E-state index is 0.587. The van der Waals surface area contributed by atoms with Crippen molar-refractivity contribution in [3.05, 3.63) is 59.7 Å². The van der Waals surface area contributed by atoms with Crippen molar-refractivity contribution in [2.24, 2.45) is 0 Å². The molecule has 0 atom stereocenters. The zero-order valence-electron chi connectivity index (χ0n) is 13.0. The number of aldehydes is 1. The Morgan fingerprint density at radius 3 is 2.14 bits per heavy atom. The Balaban J connectivity index is 1.68. The molecule has 0 spiro atoms. The van der Waals surface area contributed by atoms with Crippen LogP contribution in [-0.2, 0) is 6.42 Å². The summed E-state index contributed by atoms with van der Waals surface area (Å²) in [6.45, 7) is 3.39. The summed E-state index contributed by atoms with van der Waals surface area (Å²) in [5, 5.41) is 0. The Bertz CT molecular complexity index is 593. The normalized spacial score (nSPS) is 10.2. The van der Waals surface area contributed by atoms with Crippen LogP contribution < -0.4 is 9.47 Å². The SMILES string of the molecule is CCc1ccccc1OCCCCOc1ccccc1C=O. The first kappa shape index (κ1) is 16.1. The van der Waals surface area contributed by atoms with Crippen LogP contribution in [0.5, 0.6) is 11.5 Å². The lowest BCUT2D eigenvalue weighted by atomic mass is 10.1. The van der Waals surface area contributed by atoms with Crippen LogP contribution in [-0.4, -0.2) is 19.5 Å². The highest BCUT2D eigenvalue weighted by Gasteiger charge is 2.02. The van der Waals surface area contributed by atoms with E-state index in [9.17, 15) is 4.79 Å². The summed E-state index contributed by atoms with van der Waals surface area (Å²) < 4.78 is 11.5. The zero-order chi connectivity index (χ0) is 15.6. The summed E-state index contributed by atoms with van der Waals surface area (Å²) in [7, 11) is 0. The molecule has 0 bridgehead atoms. The third-order valence-corrected chi connectivity index (χ3v) is 3.45. The van der Waals surface area contributed by atoms with E-state index in [1.54, 1.807) is 6.07 Å². The van der Waals surface area contributed by atoms with Crippen LogP contribution in [0.25, 0.3) is 0 Å². The lowest BCUT2D eigenvalue weighted by Gasteiger charge is -2.11. The fourth-order valence-corrected chi connectivity index (χ4v) is 2.21. The predicted octanol–water partition coefficient (Wildman–Crippen LogP) is 4.30. The molecular formula is C19H22O3. The number of hydrogen-bond acceptors (Lipinski definition) is 3. The molecule has 0 radical (unpaired) electrons. The highest BCUT2D eigenvalue weighted by atomic mass is 16.5. The standard InChI is InChI=1S/C19H22O3/c1-2-16-9-3-5-11-18(16)21-13-7-8-14-22-19-12-6-4-10-17(19)15-20/h3-6,9-12,15H,2,7-8,13-14H2,1H3. The quantitative estimate of drug-likeness (QED) is 0.511. The summed E-state index contributed by atoms with van der Waals surface area (Å²) in [6, 6.07) is 15.4. The van der Waals surface area contributed by atoms with Crippen molar-refractivity contribution >= 4 is 6.29 Å². The maximum Gasteiger partial charge on any atom is 0.153 e. The van der Waals surface area contributed by atoms with E-state index in [0.29, 0.717) is 24.5 Å². The van der Waals surface area contributed by atoms with Crippen molar-refractivity contribution in [3.8, 4) is 11.5 Å². The molecule has 0 heterocycles. The van der Waals surface area contributed by atoms with Gasteiger partial charge in [0.1, 0.15) is 11.5 Å². The number of ether oxygens (including phenoxy) is 2. The first-order valence-corrected chi connectivity index (χ1v) is 7.73. The largest absolute Gasteiger partial charge is 0.493 e. The number of carbonyl (C=O) groups is 1. The van der Waals surface area contributed by atoms with Gasteiger partial charge in [0.05, 0.1) is 18.8 Å². The number of rotatable bonds is 9. The van der Waals surface area contributed by atoms with E-state index in [4.69, 9.17) is 9.47 Å². The Kier molecular flexibility index (Phi) is 6.49. The fraction of sp³-hybridized carbons (Fsp3) is 0.316. The Morgan fingerprint density at radius 2 is 1.45 bits per heavy atom. The molecule has 0 saturated carbocycles. The molecule has 0 aliphatic carbocycles. The molecule has 116 valence electrons. The topological polar surface area (TPSA) is 35.5 Å². The van der Waals surface area contributed by atoms with Crippen LogP contribution in [0.15, 0.2) is 48.5 Å². The molecule has 0 aliphatic rings. The van der Waals surface area contributed by atoms with Gasteiger partial charge in [0.2, 0.25) is 0 Å². The number of aryl methyl sites for hydroxylation is 1. The van der Waals surface area contributed by atoms with Gasteiger partial charge in [0.15, 0.2) is 6.29 Å². The summed E-state index contributed by atoms with van der Waals surface area (Å²) in [5.74, 6) is 1.62. The van der Waals surface area contributed by atoms with Gasteiger partial charge in [-0.15, -0.1) is 0 Å². The van der Waals surface area contributed by atoms with Crippen LogP contribution in [0.2, 0.25) is 0 Å². The van der Waals surface area contributed by atoms with Gasteiger partial charge in [-0.3, -0.25) is 4.79 Å². The van der Waals surface area contributed by atoms with Gasteiger partial charge >= 0.3 is 0 Å². The van der Waals surface area contributed by atoms with Crippen LogP contribution in [0.1, 0.15) is 35.7 Å². The first-order valence-electron chi connectivity index (χ1n) is 7.73. The van der Waals surface area contributed by atoms with E-state index < -0.39 is 0 Å². The molecule has 2 aromatic carbocycles. The lowest BCUT2D eigenvalue weighted by Crippen LogP contribution is -2.04. The van der Waals surface area contributed by atoms with E-state index in [1.807, 2.05) is 36.4 Å². The van der Waals surface area contributed by atoms with Crippen LogP contribution >= 0.6 is 0 Å². The smallest absolute Gasteiger partial charge is 0.153 e. The van der Waals surface area contributed by atoms with Crippen molar-refractivity contribution in [2.45, 2.75) is 26.2 Å². The molecule has 0 N–H and O–H groups in total. The van der Waals surface area contributed by atoms with E-state index >= 15 is 0 Å². The van der Waals surface area contributed by atoms with Crippen molar-refractivity contribution in [1.82, 2.24) is 0 Å². The Labute approximate surface area is 131 Å². The number of para-hydroxylation sites is 2. The highest BCUT2D eigenvalue weighted by molar-refractivity contribution is 5.79. The summed E-state index contributed by atoms with van der Waals surface area (Å²) >= 11 is 0. The average molecular weight is 298 g/mol. The van der Waals surface area contributed by atoms with Gasteiger partial charge in [0.25, 0.3) is 0 Å². The van der Waals surface area contributed by atoms with Crippen LogP contribution in [0, 0.1) is 0 Å². The molecule has 2 aromatic rings. The summed E-state index contributed by atoms with van der Waals surface area (Å²) in [5.41, 5.74) is 1.83. The molecule has 0 saturated heterocycles. The van der Waals surface area contributed by atoms with Crippen LogP contribution in [0.3, 0.4) is 0 Å². The number of unbranched alkanes of at least 4 members (excludes halogenated alkanes) is 1. The van der Waals surface area contributed by atoms with Gasteiger partial charge in [0, 0.05) is 0 Å². The maximum absolute atomic E-state index is 10.9. The maximum atomic E-state index is 10.9. The van der Waals surface area contributed by atoms with Crippen molar-refractivity contribution in [3.63, 3.8) is 0 Å². The molecule has 2 rings (SSSR count). The van der Waals surface area contributed by atoms with Crippen molar-refractivity contribution in [1.29, 1.82) is 0 Å². The fourth-order valence-electron chi connectivity index (χ4n) is 2.21. The van der Waals surface area contributed by atoms with Gasteiger partial charge in [-0.05, 0) is 43.0 Å². The molecule has 0 amide bonds. The third kappa shape index (κ3) is 4.62. The number of hydrogen-bond donors (Lipinski definition) is 0. The van der Waals surface area contributed by atoms with E-state index in [-0.39, 0.29) is 0 Å². The van der Waals surface area contributed by atoms with Gasteiger partial charge in [-0.1, -0.05) is 37.3 Å². The van der Waals surface area contributed by atoms with Gasteiger partial charge < -0.3 is 9.47 Å². The predicted molar refractivity (Wildman–Crippen MR) is 87.9 cm³/mol. The van der Waals surface area contributed by atoms with E-state index in [2.05, 4.69) is 13.0 Å². The molecule has 22 heavy (non-hydrogen) atoms. The molecule has 0 unspecified atom stereocenters. The zero-order valence-corrected chi connectivity index (χ0v) is 13.0. The van der Waals surface area contributed by atoms with Crippen LogP contribution in [0.4, 0.5) is 0 Å². The monoisotopic (exact) mass is 298 g/mol. The Morgan fingerprint density at radius 1 is 0.864 bits per heavy atom. The lowest BCUT2D eigenvalue weighted by molar-refractivity contribution is 0.111. The molecule has 0 fully saturated rings. The van der Waals surface area contributed by atoms with Crippen molar-refractivity contribution < 1.29 is 14.3 Å². The van der Waals surface area contributed by atoms with Gasteiger partial charge in [-0.2, -0.15) is 0 Å². The second kappa shape index (κ2) is 8.88. The second-order valence-corrected chi connectivity index (χ2v) is 5.02. The highest BCUT2D eigenvalue weighted by Crippen LogP contribution is 2.19. The minimum Gasteiger partial charge on any atom is -0.493 e. The summed E-state index contributed by atoms with van der Waals surface area (Å²) in [6.07, 6.45) is 3.60.